The molecule has 0 saturated heterocycles. The van der Waals surface area contributed by atoms with Crippen molar-refractivity contribution in [2.45, 2.75) is 12.1 Å². The Bertz CT molecular complexity index is 630. The van der Waals surface area contributed by atoms with E-state index in [9.17, 15) is 26.7 Å². The Morgan fingerprint density at radius 3 is 2.32 bits per heavy atom. The average molecular weight is 275 g/mol. The molecule has 1 aromatic carbocycles. The minimum Gasteiger partial charge on any atom is -0.287 e. The number of hydrogen-bond donors (Lipinski definition) is 0. The normalized spacial score (nSPS) is 12.7. The van der Waals surface area contributed by atoms with E-state index in [1.165, 1.54) is 30.5 Å². The fraction of sp³-hybridized carbons (Fsp3) is 0.167. The van der Waals surface area contributed by atoms with Crippen LogP contribution in [0.5, 0.6) is 0 Å². The highest BCUT2D eigenvalue weighted by atomic mass is 19.4. The number of aromatic nitrogens is 1. The second kappa shape index (κ2) is 4.25. The molecule has 0 N–H and O–H groups in total. The number of carbonyl (C=O) groups is 1. The summed E-state index contributed by atoms with van der Waals surface area (Å²) >= 11 is 0. The van der Waals surface area contributed by atoms with Crippen LogP contribution < -0.4 is 0 Å². The fourth-order valence-electron chi connectivity index (χ4n) is 1.60. The van der Waals surface area contributed by atoms with Gasteiger partial charge in [0.1, 0.15) is 0 Å². The van der Waals surface area contributed by atoms with Gasteiger partial charge in [0, 0.05) is 17.1 Å². The molecule has 1 heterocycles. The van der Waals surface area contributed by atoms with Crippen molar-refractivity contribution in [1.29, 1.82) is 0 Å². The lowest BCUT2D eigenvalue weighted by Crippen LogP contribution is -2.44. The van der Waals surface area contributed by atoms with Crippen molar-refractivity contribution in [3.05, 3.63) is 42.1 Å². The molecule has 0 aliphatic rings. The molecule has 7 heteroatoms. The molecule has 0 spiro atoms. The van der Waals surface area contributed by atoms with E-state index in [2.05, 4.69) is 4.98 Å². The maximum absolute atomic E-state index is 13.0. The second-order valence-corrected chi connectivity index (χ2v) is 3.78. The zero-order chi connectivity index (χ0) is 14.3. The standard InChI is InChI=1S/C12H6F5NO/c13-11(14,12(15,16)17)10(19)8-3-1-5-9-7(8)4-2-6-18-9/h1-6H. The number of fused-ring (bicyclic) bond motifs is 1. The summed E-state index contributed by atoms with van der Waals surface area (Å²) in [5, 5.41) is -0.0427. The monoisotopic (exact) mass is 275 g/mol. The van der Waals surface area contributed by atoms with Crippen molar-refractivity contribution in [2.24, 2.45) is 0 Å². The van der Waals surface area contributed by atoms with Gasteiger partial charge in [0.25, 0.3) is 0 Å². The highest BCUT2D eigenvalue weighted by Gasteiger charge is 2.63. The van der Waals surface area contributed by atoms with E-state index >= 15 is 0 Å². The van der Waals surface area contributed by atoms with E-state index in [-0.39, 0.29) is 10.9 Å². The summed E-state index contributed by atoms with van der Waals surface area (Å²) in [7, 11) is 0. The highest BCUT2D eigenvalue weighted by Crippen LogP contribution is 2.38. The van der Waals surface area contributed by atoms with E-state index < -0.39 is 23.4 Å². The quantitative estimate of drug-likeness (QED) is 0.619. The van der Waals surface area contributed by atoms with Crippen molar-refractivity contribution in [2.75, 3.05) is 0 Å². The first kappa shape index (κ1) is 13.4. The van der Waals surface area contributed by atoms with Gasteiger partial charge in [-0.1, -0.05) is 18.2 Å². The minimum atomic E-state index is -5.92. The molecule has 0 bridgehead atoms. The van der Waals surface area contributed by atoms with E-state index in [1.807, 2.05) is 0 Å². The van der Waals surface area contributed by atoms with Gasteiger partial charge in [0.2, 0.25) is 5.78 Å². The van der Waals surface area contributed by atoms with Crippen LogP contribution in [0.4, 0.5) is 22.0 Å². The number of Topliss-reactive ketones (excluding diaryl/α,β-unsaturated/α-hetero) is 1. The highest BCUT2D eigenvalue weighted by molar-refractivity contribution is 6.10. The number of pyridine rings is 1. The second-order valence-electron chi connectivity index (χ2n) is 3.78. The zero-order valence-corrected chi connectivity index (χ0v) is 9.21. The van der Waals surface area contributed by atoms with Crippen LogP contribution in [-0.2, 0) is 0 Å². The van der Waals surface area contributed by atoms with Gasteiger partial charge in [-0.25, -0.2) is 0 Å². The number of ketones is 1. The summed E-state index contributed by atoms with van der Waals surface area (Å²) in [6, 6.07) is 6.16. The van der Waals surface area contributed by atoms with Crippen LogP contribution in [0.1, 0.15) is 10.4 Å². The van der Waals surface area contributed by atoms with Gasteiger partial charge in [-0.3, -0.25) is 9.78 Å². The van der Waals surface area contributed by atoms with Gasteiger partial charge in [-0.15, -0.1) is 0 Å². The molecule has 1 aromatic heterocycles. The van der Waals surface area contributed by atoms with Gasteiger partial charge in [0.05, 0.1) is 5.52 Å². The van der Waals surface area contributed by atoms with Crippen LogP contribution in [0.15, 0.2) is 36.5 Å². The van der Waals surface area contributed by atoms with Gasteiger partial charge in [0.15, 0.2) is 0 Å². The van der Waals surface area contributed by atoms with E-state index in [4.69, 9.17) is 0 Å². The molecule has 19 heavy (non-hydrogen) atoms. The molecule has 2 rings (SSSR count). The number of carbonyl (C=O) groups excluding carboxylic acids is 1. The predicted molar refractivity (Wildman–Crippen MR) is 57.1 cm³/mol. The van der Waals surface area contributed by atoms with E-state index in [0.717, 1.165) is 6.07 Å². The summed E-state index contributed by atoms with van der Waals surface area (Å²) in [5.41, 5.74) is -0.528. The smallest absolute Gasteiger partial charge is 0.287 e. The van der Waals surface area contributed by atoms with E-state index in [1.54, 1.807) is 0 Å². The summed E-state index contributed by atoms with van der Waals surface area (Å²) in [5.74, 6) is -7.70. The Balaban J connectivity index is 2.60. The molecule has 0 aliphatic carbocycles. The van der Waals surface area contributed by atoms with Crippen LogP contribution in [0.3, 0.4) is 0 Å². The SMILES string of the molecule is O=C(c1cccc2ncccc12)C(F)(F)C(F)(F)F. The van der Waals surface area contributed by atoms with Crippen LogP contribution in [-0.4, -0.2) is 22.9 Å². The number of halogens is 5. The molecule has 0 radical (unpaired) electrons. The predicted octanol–water partition coefficient (Wildman–Crippen LogP) is 3.62. The van der Waals surface area contributed by atoms with Gasteiger partial charge in [-0.2, -0.15) is 22.0 Å². The van der Waals surface area contributed by atoms with Crippen molar-refractivity contribution in [3.8, 4) is 0 Å². The summed E-state index contributed by atoms with van der Waals surface area (Å²) in [6.45, 7) is 0. The van der Waals surface area contributed by atoms with Gasteiger partial charge >= 0.3 is 12.1 Å². The molecule has 2 aromatic rings. The number of alkyl halides is 5. The average Bonchev–Trinajstić information content (AvgIpc) is 2.36. The Morgan fingerprint density at radius 1 is 1.00 bits per heavy atom. The molecule has 0 amide bonds. The molecule has 100 valence electrons. The maximum atomic E-state index is 13.0. The lowest BCUT2D eigenvalue weighted by molar-refractivity contribution is -0.255. The molecular weight excluding hydrogens is 269 g/mol. The number of hydrogen-bond acceptors (Lipinski definition) is 2. The Hall–Kier alpha value is -2.05. The molecule has 0 aliphatic heterocycles. The first-order valence-electron chi connectivity index (χ1n) is 5.08. The zero-order valence-electron chi connectivity index (χ0n) is 9.21. The Kier molecular flexibility index (Phi) is 3.00. The molecule has 0 fully saturated rings. The number of benzene rings is 1. The van der Waals surface area contributed by atoms with Crippen LogP contribution in [0, 0.1) is 0 Å². The Labute approximate surface area is 103 Å². The maximum Gasteiger partial charge on any atom is 0.461 e. The third kappa shape index (κ3) is 2.16. The third-order valence-corrected chi connectivity index (χ3v) is 2.53. The van der Waals surface area contributed by atoms with Gasteiger partial charge in [-0.05, 0) is 12.1 Å². The molecule has 0 atom stereocenters. The van der Waals surface area contributed by atoms with Crippen LogP contribution in [0.25, 0.3) is 10.9 Å². The van der Waals surface area contributed by atoms with Crippen molar-refractivity contribution in [3.63, 3.8) is 0 Å². The summed E-state index contributed by atoms with van der Waals surface area (Å²) < 4.78 is 62.6. The molecular formula is C12H6F5NO. The summed E-state index contributed by atoms with van der Waals surface area (Å²) in [4.78, 5) is 15.2. The minimum absolute atomic E-state index is 0.0427. The summed E-state index contributed by atoms with van der Waals surface area (Å²) in [6.07, 6.45) is -4.58. The van der Waals surface area contributed by atoms with Gasteiger partial charge < -0.3 is 0 Å². The fourth-order valence-corrected chi connectivity index (χ4v) is 1.60. The van der Waals surface area contributed by atoms with Crippen molar-refractivity contribution >= 4 is 16.7 Å². The van der Waals surface area contributed by atoms with Crippen LogP contribution in [0.2, 0.25) is 0 Å². The molecule has 2 nitrogen and oxygen atoms in total. The largest absolute Gasteiger partial charge is 0.461 e. The third-order valence-electron chi connectivity index (χ3n) is 2.53. The lowest BCUT2D eigenvalue weighted by Gasteiger charge is -2.18. The Morgan fingerprint density at radius 2 is 1.68 bits per heavy atom. The first-order chi connectivity index (χ1) is 8.75. The van der Waals surface area contributed by atoms with Crippen molar-refractivity contribution in [1.82, 2.24) is 4.98 Å². The number of nitrogens with zero attached hydrogens (tertiary/aromatic N) is 1. The van der Waals surface area contributed by atoms with Crippen molar-refractivity contribution < 1.29 is 26.7 Å². The first-order valence-corrected chi connectivity index (χ1v) is 5.08. The molecule has 0 saturated carbocycles. The number of rotatable bonds is 2. The van der Waals surface area contributed by atoms with Crippen LogP contribution >= 0.6 is 0 Å². The lowest BCUT2D eigenvalue weighted by atomic mass is 10.0. The molecule has 0 unspecified atom stereocenters. The topological polar surface area (TPSA) is 30.0 Å². The van der Waals surface area contributed by atoms with E-state index in [0.29, 0.717) is 0 Å².